The Morgan fingerprint density at radius 1 is 1.33 bits per heavy atom. The third kappa shape index (κ3) is 2.52. The molecule has 1 saturated heterocycles. The highest BCUT2D eigenvalue weighted by atomic mass is 16.2. The van der Waals surface area contributed by atoms with Crippen LogP contribution in [0.25, 0.3) is 0 Å². The fraction of sp³-hybridized carbons (Fsp3) is 0.857. The number of unbranched alkanes of at least 4 members (excludes halogenated alkanes) is 1. The molecule has 4 nitrogen and oxygen atoms in total. The molecule has 1 aliphatic heterocycles. The smallest absolute Gasteiger partial charge is 0.246 e. The van der Waals surface area contributed by atoms with Crippen LogP contribution in [-0.4, -0.2) is 34.8 Å². The van der Waals surface area contributed by atoms with Gasteiger partial charge in [0.15, 0.2) is 0 Å². The minimum atomic E-state index is -0.683. The summed E-state index contributed by atoms with van der Waals surface area (Å²) in [5, 5.41) is 2.88. The van der Waals surface area contributed by atoms with Crippen LogP contribution < -0.4 is 5.32 Å². The Kier molecular flexibility index (Phi) is 4.77. The van der Waals surface area contributed by atoms with Gasteiger partial charge in [-0.05, 0) is 25.7 Å². The molecule has 1 fully saturated rings. The van der Waals surface area contributed by atoms with Gasteiger partial charge in [0, 0.05) is 6.54 Å². The van der Waals surface area contributed by atoms with Crippen LogP contribution in [-0.2, 0) is 9.59 Å². The summed E-state index contributed by atoms with van der Waals surface area (Å²) in [6.45, 7) is 10.5. The summed E-state index contributed by atoms with van der Waals surface area (Å²) in [4.78, 5) is 26.6. The Bertz CT molecular complexity index is 328. The third-order valence-corrected chi connectivity index (χ3v) is 3.99. The van der Waals surface area contributed by atoms with Gasteiger partial charge >= 0.3 is 0 Å². The van der Waals surface area contributed by atoms with Crippen LogP contribution in [0.5, 0.6) is 0 Å². The Hall–Kier alpha value is -1.06. The van der Waals surface area contributed by atoms with Crippen molar-refractivity contribution in [3.05, 3.63) is 0 Å². The van der Waals surface area contributed by atoms with Crippen LogP contribution in [0.15, 0.2) is 0 Å². The number of carbonyl (C=O) groups excluding carboxylic acids is 2. The van der Waals surface area contributed by atoms with Gasteiger partial charge in [-0.15, -0.1) is 0 Å². The standard InChI is InChI=1S/C14H26N2O2/c1-6-8-9-16-12(17)11(10(3)4)15-13(18)14(16,5)7-2/h10-11H,6-9H2,1-5H3,(H,15,18). The minimum Gasteiger partial charge on any atom is -0.342 e. The van der Waals surface area contributed by atoms with Crippen LogP contribution >= 0.6 is 0 Å². The monoisotopic (exact) mass is 254 g/mol. The van der Waals surface area contributed by atoms with Gasteiger partial charge < -0.3 is 10.2 Å². The van der Waals surface area contributed by atoms with E-state index >= 15 is 0 Å². The summed E-state index contributed by atoms with van der Waals surface area (Å²) in [7, 11) is 0. The molecule has 0 aliphatic carbocycles. The first kappa shape index (κ1) is 15.0. The largest absolute Gasteiger partial charge is 0.342 e. The molecule has 1 rings (SSSR count). The zero-order valence-corrected chi connectivity index (χ0v) is 12.2. The number of rotatable bonds is 5. The van der Waals surface area contributed by atoms with Gasteiger partial charge in [-0.3, -0.25) is 9.59 Å². The molecule has 0 spiro atoms. The van der Waals surface area contributed by atoms with Crippen molar-refractivity contribution in [2.45, 2.75) is 65.5 Å². The van der Waals surface area contributed by atoms with Crippen LogP contribution in [0, 0.1) is 5.92 Å². The first-order chi connectivity index (χ1) is 8.38. The lowest BCUT2D eigenvalue weighted by Crippen LogP contribution is -2.70. The Morgan fingerprint density at radius 3 is 2.39 bits per heavy atom. The average molecular weight is 254 g/mol. The number of nitrogens with zero attached hydrogens (tertiary/aromatic N) is 1. The van der Waals surface area contributed by atoms with E-state index in [1.54, 1.807) is 4.90 Å². The fourth-order valence-corrected chi connectivity index (χ4v) is 2.37. The van der Waals surface area contributed by atoms with Gasteiger partial charge in [0.2, 0.25) is 11.8 Å². The van der Waals surface area contributed by atoms with E-state index < -0.39 is 5.54 Å². The normalized spacial score (nSPS) is 28.8. The number of carbonyl (C=O) groups is 2. The van der Waals surface area contributed by atoms with E-state index in [0.29, 0.717) is 13.0 Å². The summed E-state index contributed by atoms with van der Waals surface area (Å²) in [5.74, 6) is 0.189. The molecule has 2 unspecified atom stereocenters. The van der Waals surface area contributed by atoms with Crippen molar-refractivity contribution in [2.24, 2.45) is 5.92 Å². The molecule has 2 atom stereocenters. The molecule has 104 valence electrons. The van der Waals surface area contributed by atoms with E-state index in [2.05, 4.69) is 12.2 Å². The molecule has 4 heteroatoms. The molecule has 0 saturated carbocycles. The molecule has 0 aromatic carbocycles. The molecule has 0 aromatic rings. The molecule has 0 aromatic heterocycles. The van der Waals surface area contributed by atoms with Gasteiger partial charge in [-0.25, -0.2) is 0 Å². The van der Waals surface area contributed by atoms with Gasteiger partial charge in [-0.2, -0.15) is 0 Å². The van der Waals surface area contributed by atoms with E-state index in [1.807, 2.05) is 27.7 Å². The molecule has 1 N–H and O–H groups in total. The van der Waals surface area contributed by atoms with Gasteiger partial charge in [-0.1, -0.05) is 34.1 Å². The predicted molar refractivity (Wildman–Crippen MR) is 72.1 cm³/mol. The van der Waals surface area contributed by atoms with Crippen molar-refractivity contribution in [1.82, 2.24) is 10.2 Å². The van der Waals surface area contributed by atoms with E-state index in [1.165, 1.54) is 0 Å². The maximum absolute atomic E-state index is 12.5. The highest BCUT2D eigenvalue weighted by Gasteiger charge is 2.48. The zero-order valence-electron chi connectivity index (χ0n) is 12.2. The molecular formula is C14H26N2O2. The summed E-state index contributed by atoms with van der Waals surface area (Å²) < 4.78 is 0. The maximum Gasteiger partial charge on any atom is 0.246 e. The second kappa shape index (κ2) is 5.72. The van der Waals surface area contributed by atoms with E-state index in [9.17, 15) is 9.59 Å². The summed E-state index contributed by atoms with van der Waals surface area (Å²) >= 11 is 0. The number of hydrogen-bond donors (Lipinski definition) is 1. The number of nitrogens with one attached hydrogen (secondary N) is 1. The Labute approximate surface area is 110 Å². The van der Waals surface area contributed by atoms with E-state index in [0.717, 1.165) is 12.8 Å². The van der Waals surface area contributed by atoms with Crippen molar-refractivity contribution in [2.75, 3.05) is 6.54 Å². The lowest BCUT2D eigenvalue weighted by Gasteiger charge is -2.47. The first-order valence-electron chi connectivity index (χ1n) is 7.00. The van der Waals surface area contributed by atoms with Crippen LogP contribution in [0.3, 0.4) is 0 Å². The molecule has 1 heterocycles. The lowest BCUT2D eigenvalue weighted by molar-refractivity contribution is -0.158. The average Bonchev–Trinajstić information content (AvgIpc) is 2.33. The highest BCUT2D eigenvalue weighted by molar-refractivity contribution is 5.99. The molecular weight excluding hydrogens is 228 g/mol. The Morgan fingerprint density at radius 2 is 1.94 bits per heavy atom. The van der Waals surface area contributed by atoms with Crippen molar-refractivity contribution in [1.29, 1.82) is 0 Å². The Balaban J connectivity index is 3.01. The number of hydrogen-bond acceptors (Lipinski definition) is 2. The second-order valence-corrected chi connectivity index (χ2v) is 5.67. The fourth-order valence-electron chi connectivity index (χ4n) is 2.37. The lowest BCUT2D eigenvalue weighted by atomic mass is 9.87. The van der Waals surface area contributed by atoms with E-state index in [-0.39, 0.29) is 23.8 Å². The van der Waals surface area contributed by atoms with Crippen molar-refractivity contribution in [3.63, 3.8) is 0 Å². The summed E-state index contributed by atoms with van der Waals surface area (Å²) in [6, 6.07) is -0.367. The van der Waals surface area contributed by atoms with Gasteiger partial charge in [0.25, 0.3) is 0 Å². The van der Waals surface area contributed by atoms with E-state index in [4.69, 9.17) is 0 Å². The second-order valence-electron chi connectivity index (χ2n) is 5.67. The molecule has 1 aliphatic rings. The first-order valence-corrected chi connectivity index (χ1v) is 7.00. The molecule has 0 radical (unpaired) electrons. The number of piperazine rings is 1. The quantitative estimate of drug-likeness (QED) is 0.815. The van der Waals surface area contributed by atoms with Crippen LogP contribution in [0.1, 0.15) is 53.9 Å². The van der Waals surface area contributed by atoms with Crippen molar-refractivity contribution in [3.8, 4) is 0 Å². The topological polar surface area (TPSA) is 49.4 Å². The van der Waals surface area contributed by atoms with Crippen molar-refractivity contribution >= 4 is 11.8 Å². The van der Waals surface area contributed by atoms with Crippen LogP contribution in [0.4, 0.5) is 0 Å². The maximum atomic E-state index is 12.5. The molecule has 2 amide bonds. The summed E-state index contributed by atoms with van der Waals surface area (Å²) in [6.07, 6.45) is 2.62. The molecule has 18 heavy (non-hydrogen) atoms. The van der Waals surface area contributed by atoms with Gasteiger partial charge in [0.1, 0.15) is 11.6 Å². The van der Waals surface area contributed by atoms with Gasteiger partial charge in [0.05, 0.1) is 0 Å². The van der Waals surface area contributed by atoms with Crippen LogP contribution in [0.2, 0.25) is 0 Å². The van der Waals surface area contributed by atoms with Crippen molar-refractivity contribution < 1.29 is 9.59 Å². The number of amides is 2. The zero-order chi connectivity index (χ0) is 13.9. The third-order valence-electron chi connectivity index (χ3n) is 3.99. The minimum absolute atomic E-state index is 0.0144. The SMILES string of the molecule is CCCCN1C(=O)C(C(C)C)NC(=O)C1(C)CC. The molecule has 0 bridgehead atoms. The predicted octanol–water partition coefficient (Wildman–Crippen LogP) is 1.94. The summed E-state index contributed by atoms with van der Waals surface area (Å²) in [5.41, 5.74) is -0.683. The highest BCUT2D eigenvalue weighted by Crippen LogP contribution is 2.27.